The molecule has 0 radical (unpaired) electrons. The Morgan fingerprint density at radius 3 is 2.73 bits per heavy atom. The van der Waals surface area contributed by atoms with Crippen molar-refractivity contribution in [3.8, 4) is 0 Å². The molecule has 5 heteroatoms. The fourth-order valence-corrected chi connectivity index (χ4v) is 2.59. The van der Waals surface area contributed by atoms with Crippen LogP contribution >= 0.6 is 0 Å². The van der Waals surface area contributed by atoms with Crippen LogP contribution in [0.4, 0.5) is 11.6 Å². The lowest BCUT2D eigenvalue weighted by Gasteiger charge is -2.26. The molecule has 2 heterocycles. The normalized spacial score (nSPS) is 15.0. The van der Waals surface area contributed by atoms with Crippen molar-refractivity contribution in [2.45, 2.75) is 32.7 Å². The van der Waals surface area contributed by atoms with Crippen molar-refractivity contribution in [3.05, 3.63) is 47.8 Å². The maximum atomic E-state index is 11.9. The van der Waals surface area contributed by atoms with Gasteiger partial charge in [0.05, 0.1) is 0 Å². The summed E-state index contributed by atoms with van der Waals surface area (Å²) in [6.45, 7) is 3.43. The third-order valence-electron chi connectivity index (χ3n) is 3.82. The van der Waals surface area contributed by atoms with E-state index in [2.05, 4.69) is 15.3 Å². The van der Waals surface area contributed by atoms with E-state index in [-0.39, 0.29) is 5.91 Å². The summed E-state index contributed by atoms with van der Waals surface area (Å²) in [4.78, 5) is 22.3. The fraction of sp³-hybridized carbons (Fsp3) is 0.353. The van der Waals surface area contributed by atoms with Crippen LogP contribution < -0.4 is 10.2 Å². The minimum atomic E-state index is 0.227. The number of rotatable bonds is 4. The SMILES string of the molecule is Cc1ccnc(NCc2ccc(N3CCCCC3=O)cc2)n1. The highest BCUT2D eigenvalue weighted by molar-refractivity contribution is 5.93. The zero-order valence-electron chi connectivity index (χ0n) is 12.7. The first-order valence-corrected chi connectivity index (χ1v) is 7.65. The van der Waals surface area contributed by atoms with Crippen LogP contribution in [0.15, 0.2) is 36.5 Å². The summed E-state index contributed by atoms with van der Waals surface area (Å²) in [7, 11) is 0. The van der Waals surface area contributed by atoms with Gasteiger partial charge < -0.3 is 10.2 Å². The summed E-state index contributed by atoms with van der Waals surface area (Å²) < 4.78 is 0. The van der Waals surface area contributed by atoms with E-state index in [1.54, 1.807) is 6.20 Å². The first-order chi connectivity index (χ1) is 10.7. The standard InChI is InChI=1S/C17H20N4O/c1-13-9-10-18-17(20-13)19-12-14-5-7-15(8-6-14)21-11-3-2-4-16(21)22/h5-10H,2-4,11-12H2,1H3,(H,18,19,20). The van der Waals surface area contributed by atoms with Gasteiger partial charge in [-0.1, -0.05) is 12.1 Å². The molecule has 5 nitrogen and oxygen atoms in total. The van der Waals surface area contributed by atoms with Crippen LogP contribution in [0.5, 0.6) is 0 Å². The van der Waals surface area contributed by atoms with Gasteiger partial charge in [-0.25, -0.2) is 9.97 Å². The van der Waals surface area contributed by atoms with Crippen molar-refractivity contribution in [1.82, 2.24) is 9.97 Å². The molecule has 0 atom stereocenters. The maximum Gasteiger partial charge on any atom is 0.226 e. The van der Waals surface area contributed by atoms with Crippen molar-refractivity contribution in [3.63, 3.8) is 0 Å². The zero-order valence-corrected chi connectivity index (χ0v) is 12.7. The predicted molar refractivity (Wildman–Crippen MR) is 86.7 cm³/mol. The van der Waals surface area contributed by atoms with Crippen molar-refractivity contribution in [1.29, 1.82) is 0 Å². The van der Waals surface area contributed by atoms with Crippen LogP contribution in [-0.4, -0.2) is 22.4 Å². The molecule has 1 N–H and O–H groups in total. The Labute approximate surface area is 130 Å². The molecule has 1 saturated heterocycles. The van der Waals surface area contributed by atoms with Crippen LogP contribution in [0.3, 0.4) is 0 Å². The molecule has 1 aromatic heterocycles. The summed E-state index contributed by atoms with van der Waals surface area (Å²) in [6, 6.07) is 9.98. The van der Waals surface area contributed by atoms with Crippen LogP contribution in [0.1, 0.15) is 30.5 Å². The molecule has 0 bridgehead atoms. The first-order valence-electron chi connectivity index (χ1n) is 7.65. The van der Waals surface area contributed by atoms with E-state index in [0.717, 1.165) is 36.3 Å². The molecule has 0 aliphatic carbocycles. The molecule has 1 amide bonds. The second-order valence-electron chi connectivity index (χ2n) is 5.54. The smallest absolute Gasteiger partial charge is 0.226 e. The molecule has 1 aliphatic rings. The van der Waals surface area contributed by atoms with Gasteiger partial charge in [-0.15, -0.1) is 0 Å². The van der Waals surface area contributed by atoms with E-state index in [9.17, 15) is 4.79 Å². The number of amides is 1. The number of aromatic nitrogens is 2. The Morgan fingerprint density at radius 1 is 1.18 bits per heavy atom. The minimum absolute atomic E-state index is 0.227. The van der Waals surface area contributed by atoms with Crippen molar-refractivity contribution in [2.24, 2.45) is 0 Å². The second-order valence-corrected chi connectivity index (χ2v) is 5.54. The largest absolute Gasteiger partial charge is 0.350 e. The van der Waals surface area contributed by atoms with E-state index >= 15 is 0 Å². The quantitative estimate of drug-likeness (QED) is 0.942. The number of aryl methyl sites for hydroxylation is 1. The molecule has 3 rings (SSSR count). The number of nitrogens with zero attached hydrogens (tertiary/aromatic N) is 3. The zero-order chi connectivity index (χ0) is 15.4. The first kappa shape index (κ1) is 14.5. The van der Waals surface area contributed by atoms with E-state index in [0.29, 0.717) is 18.9 Å². The second kappa shape index (κ2) is 6.56. The van der Waals surface area contributed by atoms with Gasteiger partial charge in [-0.2, -0.15) is 0 Å². The average molecular weight is 296 g/mol. The average Bonchev–Trinajstić information content (AvgIpc) is 2.54. The summed E-state index contributed by atoms with van der Waals surface area (Å²) >= 11 is 0. The highest BCUT2D eigenvalue weighted by atomic mass is 16.2. The summed E-state index contributed by atoms with van der Waals surface area (Å²) in [5, 5.41) is 3.21. The lowest BCUT2D eigenvalue weighted by atomic mass is 10.1. The Kier molecular flexibility index (Phi) is 4.32. The molecule has 22 heavy (non-hydrogen) atoms. The molecule has 0 saturated carbocycles. The monoisotopic (exact) mass is 296 g/mol. The Balaban J connectivity index is 1.63. The maximum absolute atomic E-state index is 11.9. The summed E-state index contributed by atoms with van der Waals surface area (Å²) in [5.74, 6) is 0.862. The molecule has 2 aromatic rings. The van der Waals surface area contributed by atoms with Crippen molar-refractivity contribution >= 4 is 17.5 Å². The van der Waals surface area contributed by atoms with Gasteiger partial charge in [-0.05, 0) is 43.5 Å². The molecule has 0 unspecified atom stereocenters. The minimum Gasteiger partial charge on any atom is -0.350 e. The van der Waals surface area contributed by atoms with Crippen LogP contribution in [-0.2, 0) is 11.3 Å². The van der Waals surface area contributed by atoms with Crippen LogP contribution in [0.25, 0.3) is 0 Å². The van der Waals surface area contributed by atoms with E-state index in [4.69, 9.17) is 0 Å². The van der Waals surface area contributed by atoms with Gasteiger partial charge in [0.1, 0.15) is 0 Å². The predicted octanol–water partition coefficient (Wildman–Crippen LogP) is 2.91. The molecule has 1 aliphatic heterocycles. The lowest BCUT2D eigenvalue weighted by Crippen LogP contribution is -2.35. The van der Waals surface area contributed by atoms with Crippen molar-refractivity contribution in [2.75, 3.05) is 16.8 Å². The Bertz CT molecular complexity index is 654. The number of carbonyl (C=O) groups is 1. The molecule has 114 valence electrons. The summed E-state index contributed by atoms with van der Waals surface area (Å²) in [5.41, 5.74) is 3.06. The number of benzene rings is 1. The number of piperidine rings is 1. The Hall–Kier alpha value is -2.43. The van der Waals surface area contributed by atoms with Gasteiger partial charge in [0.25, 0.3) is 0 Å². The Morgan fingerprint density at radius 2 is 2.00 bits per heavy atom. The number of hydrogen-bond donors (Lipinski definition) is 1. The van der Waals surface area contributed by atoms with Crippen molar-refractivity contribution < 1.29 is 4.79 Å². The van der Waals surface area contributed by atoms with E-state index < -0.39 is 0 Å². The van der Waals surface area contributed by atoms with Gasteiger partial charge in [-0.3, -0.25) is 4.79 Å². The summed E-state index contributed by atoms with van der Waals surface area (Å²) in [6.07, 6.45) is 4.50. The van der Waals surface area contributed by atoms with E-state index in [1.165, 1.54) is 0 Å². The van der Waals surface area contributed by atoms with Crippen LogP contribution in [0, 0.1) is 6.92 Å². The van der Waals surface area contributed by atoms with Gasteiger partial charge >= 0.3 is 0 Å². The number of nitrogens with one attached hydrogen (secondary N) is 1. The highest BCUT2D eigenvalue weighted by Crippen LogP contribution is 2.21. The molecule has 1 fully saturated rings. The van der Waals surface area contributed by atoms with Gasteiger partial charge in [0.15, 0.2) is 0 Å². The van der Waals surface area contributed by atoms with E-state index in [1.807, 2.05) is 42.2 Å². The van der Waals surface area contributed by atoms with Gasteiger partial charge in [0.2, 0.25) is 11.9 Å². The third-order valence-corrected chi connectivity index (χ3v) is 3.82. The fourth-order valence-electron chi connectivity index (χ4n) is 2.59. The number of hydrogen-bond acceptors (Lipinski definition) is 4. The molecular formula is C17H20N4O. The molecular weight excluding hydrogens is 276 g/mol. The molecule has 0 spiro atoms. The van der Waals surface area contributed by atoms with Gasteiger partial charge in [0, 0.05) is 37.1 Å². The number of carbonyl (C=O) groups excluding carboxylic acids is 1. The highest BCUT2D eigenvalue weighted by Gasteiger charge is 2.19. The third kappa shape index (κ3) is 3.42. The topological polar surface area (TPSA) is 58.1 Å². The van der Waals surface area contributed by atoms with Crippen LogP contribution in [0.2, 0.25) is 0 Å². The molecule has 1 aromatic carbocycles. The lowest BCUT2D eigenvalue weighted by molar-refractivity contribution is -0.119. The number of anilines is 2.